The topological polar surface area (TPSA) is 105 Å². The lowest BCUT2D eigenvalue weighted by atomic mass is 10.0. The van der Waals surface area contributed by atoms with Crippen LogP contribution < -0.4 is 19.1 Å². The number of ether oxygens (including phenoxy) is 2. The second kappa shape index (κ2) is 13.9. The summed E-state index contributed by atoms with van der Waals surface area (Å²) in [6.07, 6.45) is 0.943. The molecule has 1 aliphatic rings. The van der Waals surface area contributed by atoms with E-state index in [1.165, 1.54) is 11.8 Å². The van der Waals surface area contributed by atoms with E-state index in [4.69, 9.17) is 21.1 Å². The quantitative estimate of drug-likeness (QED) is 0.298. The fourth-order valence-electron chi connectivity index (χ4n) is 4.59. The van der Waals surface area contributed by atoms with Gasteiger partial charge in [0, 0.05) is 30.1 Å². The number of benzene rings is 3. The molecule has 11 heteroatoms. The van der Waals surface area contributed by atoms with Gasteiger partial charge in [0.2, 0.25) is 28.6 Å². The normalized spacial score (nSPS) is 13.7. The summed E-state index contributed by atoms with van der Waals surface area (Å²) in [7, 11) is -3.90. The first kappa shape index (κ1) is 31.2. The number of rotatable bonds is 13. The Hall–Kier alpha value is -3.76. The number of nitrogens with zero attached hydrogens (tertiary/aromatic N) is 2. The summed E-state index contributed by atoms with van der Waals surface area (Å²) in [4.78, 5) is 29.5. The van der Waals surface area contributed by atoms with Gasteiger partial charge in [0.1, 0.15) is 12.6 Å². The van der Waals surface area contributed by atoms with Gasteiger partial charge in [-0.2, -0.15) is 0 Å². The van der Waals surface area contributed by atoms with Gasteiger partial charge in [0.15, 0.2) is 11.5 Å². The van der Waals surface area contributed by atoms with E-state index in [-0.39, 0.29) is 43.1 Å². The van der Waals surface area contributed by atoms with Gasteiger partial charge in [-0.15, -0.1) is 0 Å². The van der Waals surface area contributed by atoms with Gasteiger partial charge in [0.25, 0.3) is 0 Å². The maximum Gasteiger partial charge on any atom is 0.244 e. The summed E-state index contributed by atoms with van der Waals surface area (Å²) in [6.45, 7) is 4.93. The van der Waals surface area contributed by atoms with E-state index >= 15 is 0 Å². The molecular weight excluding hydrogens is 578 g/mol. The number of hydrogen-bond acceptors (Lipinski definition) is 6. The summed E-state index contributed by atoms with van der Waals surface area (Å²) in [5.74, 6) is -0.208. The number of sulfonamides is 1. The lowest BCUT2D eigenvalue weighted by molar-refractivity contribution is -0.140. The number of anilines is 1. The molecule has 0 radical (unpaired) electrons. The Balaban J connectivity index is 1.75. The fraction of sp³-hybridized carbons (Fsp3) is 0.355. The maximum atomic E-state index is 14.3. The number of fused-ring (bicyclic) bond motifs is 1. The number of hydrogen-bond donors (Lipinski definition) is 1. The van der Waals surface area contributed by atoms with Crippen molar-refractivity contribution < 1.29 is 27.5 Å². The Kier molecular flexibility index (Phi) is 10.3. The van der Waals surface area contributed by atoms with Crippen LogP contribution in [0.25, 0.3) is 0 Å². The average Bonchev–Trinajstić information content (AvgIpc) is 3.46. The highest BCUT2D eigenvalue weighted by molar-refractivity contribution is 7.92. The highest BCUT2D eigenvalue weighted by Gasteiger charge is 2.34. The number of carbonyl (C=O) groups is 2. The SMILES string of the molecule is CC[C@@H](C)NC(=O)[C@@H](Cc1ccccc1)N(Cc1cccc(Cl)c1)C(=O)CN(c1ccc2c(c1)OCO2)S(=O)(=O)CC. The van der Waals surface area contributed by atoms with Crippen molar-refractivity contribution in [1.82, 2.24) is 10.2 Å². The van der Waals surface area contributed by atoms with Crippen LogP contribution in [0.1, 0.15) is 38.3 Å². The van der Waals surface area contributed by atoms with Crippen LogP contribution in [0, 0.1) is 0 Å². The molecule has 0 saturated carbocycles. The monoisotopic (exact) mass is 613 g/mol. The molecular formula is C31H36ClN3O6S. The summed E-state index contributed by atoms with van der Waals surface area (Å²) >= 11 is 6.26. The molecule has 0 aliphatic carbocycles. The molecule has 1 N–H and O–H groups in total. The minimum atomic E-state index is -3.90. The van der Waals surface area contributed by atoms with E-state index in [0.717, 1.165) is 9.87 Å². The first-order valence-corrected chi connectivity index (χ1v) is 15.9. The minimum absolute atomic E-state index is 0.0259. The lowest BCUT2D eigenvalue weighted by Gasteiger charge is -2.34. The Bertz CT molecular complexity index is 1500. The van der Waals surface area contributed by atoms with Gasteiger partial charge in [-0.3, -0.25) is 13.9 Å². The highest BCUT2D eigenvalue weighted by atomic mass is 35.5. The van der Waals surface area contributed by atoms with E-state index in [1.54, 1.807) is 36.4 Å². The van der Waals surface area contributed by atoms with Gasteiger partial charge >= 0.3 is 0 Å². The molecule has 0 unspecified atom stereocenters. The van der Waals surface area contributed by atoms with Crippen LogP contribution in [-0.4, -0.2) is 56.3 Å². The van der Waals surface area contributed by atoms with Crippen LogP contribution in [0.2, 0.25) is 5.02 Å². The average molecular weight is 614 g/mol. The van der Waals surface area contributed by atoms with Crippen molar-refractivity contribution in [3.8, 4) is 11.5 Å². The van der Waals surface area contributed by atoms with Crippen molar-refractivity contribution in [2.75, 3.05) is 23.4 Å². The van der Waals surface area contributed by atoms with Crippen LogP contribution in [0.4, 0.5) is 5.69 Å². The summed E-state index contributed by atoms with van der Waals surface area (Å²) in [5, 5.41) is 3.50. The van der Waals surface area contributed by atoms with Crippen molar-refractivity contribution in [3.63, 3.8) is 0 Å². The zero-order valence-corrected chi connectivity index (χ0v) is 25.5. The fourth-order valence-corrected chi connectivity index (χ4v) is 5.85. The molecule has 9 nitrogen and oxygen atoms in total. The van der Waals surface area contributed by atoms with E-state index in [1.807, 2.05) is 50.2 Å². The van der Waals surface area contributed by atoms with Crippen LogP contribution in [0.5, 0.6) is 11.5 Å². The van der Waals surface area contributed by atoms with Crippen molar-refractivity contribution in [1.29, 1.82) is 0 Å². The first-order valence-electron chi connectivity index (χ1n) is 13.9. The van der Waals surface area contributed by atoms with Crippen molar-refractivity contribution in [3.05, 3.63) is 88.9 Å². The molecule has 2 atom stereocenters. The number of nitrogens with one attached hydrogen (secondary N) is 1. The number of halogens is 1. The second-order valence-electron chi connectivity index (χ2n) is 10.1. The van der Waals surface area contributed by atoms with Gasteiger partial charge in [0.05, 0.1) is 11.4 Å². The smallest absolute Gasteiger partial charge is 0.244 e. The molecule has 3 aromatic rings. The van der Waals surface area contributed by atoms with Crippen LogP contribution in [0.15, 0.2) is 72.8 Å². The van der Waals surface area contributed by atoms with Gasteiger partial charge in [-0.05, 0) is 55.7 Å². The molecule has 0 aromatic heterocycles. The summed E-state index contributed by atoms with van der Waals surface area (Å²) < 4.78 is 38.5. The Morgan fingerprint density at radius 2 is 1.67 bits per heavy atom. The zero-order chi connectivity index (χ0) is 30.3. The predicted octanol–water partition coefficient (Wildman–Crippen LogP) is 4.78. The summed E-state index contributed by atoms with van der Waals surface area (Å²) in [5.41, 5.74) is 1.83. The van der Waals surface area contributed by atoms with Crippen LogP contribution >= 0.6 is 11.6 Å². The Morgan fingerprint density at radius 3 is 2.36 bits per heavy atom. The minimum Gasteiger partial charge on any atom is -0.454 e. The molecule has 1 heterocycles. The van der Waals surface area contributed by atoms with Crippen molar-refractivity contribution >= 4 is 39.1 Å². The third-order valence-corrected chi connectivity index (χ3v) is 9.11. The van der Waals surface area contributed by atoms with Crippen LogP contribution in [-0.2, 0) is 32.6 Å². The molecule has 1 aliphatic heterocycles. The zero-order valence-electron chi connectivity index (χ0n) is 24.0. The molecule has 0 fully saturated rings. The van der Waals surface area contributed by atoms with Crippen molar-refractivity contribution in [2.24, 2.45) is 0 Å². The largest absolute Gasteiger partial charge is 0.454 e. The lowest BCUT2D eigenvalue weighted by Crippen LogP contribution is -2.54. The molecule has 4 rings (SSSR count). The molecule has 0 bridgehead atoms. The first-order chi connectivity index (χ1) is 20.1. The van der Waals surface area contributed by atoms with Gasteiger partial charge in [-0.1, -0.05) is 61.0 Å². The maximum absolute atomic E-state index is 14.3. The number of carbonyl (C=O) groups excluding carboxylic acids is 2. The standard InChI is InChI=1S/C31H36ClN3O6S/c1-4-22(3)33-31(37)27(17-23-10-7-6-8-11-23)34(19-24-12-9-13-25(32)16-24)30(36)20-35(42(38,39)5-2)26-14-15-28-29(18-26)41-21-40-28/h6-16,18,22,27H,4-5,17,19-21H2,1-3H3,(H,33,37)/t22-,27-/m1/s1. The predicted molar refractivity (Wildman–Crippen MR) is 163 cm³/mol. The second-order valence-corrected chi connectivity index (χ2v) is 12.7. The molecule has 2 amide bonds. The van der Waals surface area contributed by atoms with Gasteiger partial charge in [-0.25, -0.2) is 8.42 Å². The van der Waals surface area contributed by atoms with E-state index in [0.29, 0.717) is 28.5 Å². The number of amides is 2. The highest BCUT2D eigenvalue weighted by Crippen LogP contribution is 2.36. The summed E-state index contributed by atoms with van der Waals surface area (Å²) in [6, 6.07) is 20.1. The van der Waals surface area contributed by atoms with Gasteiger partial charge < -0.3 is 19.7 Å². The Labute approximate surface area is 252 Å². The molecule has 42 heavy (non-hydrogen) atoms. The van der Waals surface area contributed by atoms with E-state index in [9.17, 15) is 18.0 Å². The van der Waals surface area contributed by atoms with Crippen molar-refractivity contribution in [2.45, 2.75) is 52.2 Å². The third kappa shape index (κ3) is 7.74. The molecule has 0 spiro atoms. The molecule has 224 valence electrons. The molecule has 0 saturated heterocycles. The van der Waals surface area contributed by atoms with E-state index < -0.39 is 28.5 Å². The third-order valence-electron chi connectivity index (χ3n) is 7.14. The van der Waals surface area contributed by atoms with E-state index in [2.05, 4.69) is 5.32 Å². The van der Waals surface area contributed by atoms with Crippen LogP contribution in [0.3, 0.4) is 0 Å². The Morgan fingerprint density at radius 1 is 0.952 bits per heavy atom. The molecule has 3 aromatic carbocycles.